The van der Waals surface area contributed by atoms with E-state index in [0.717, 1.165) is 11.3 Å². The van der Waals surface area contributed by atoms with Gasteiger partial charge in [-0.15, -0.1) is 0 Å². The number of nitrogens with two attached hydrogens (primary N) is 1. The Morgan fingerprint density at radius 3 is 2.96 bits per heavy atom. The van der Waals surface area contributed by atoms with Gasteiger partial charge in [0.2, 0.25) is 0 Å². The molecule has 2 aromatic carbocycles. The monoisotopic (exact) mass is 358 g/mol. The molecule has 0 radical (unpaired) electrons. The number of hydrogen-bond acceptors (Lipinski definition) is 4. The lowest BCUT2D eigenvalue weighted by atomic mass is 10.2. The third-order valence-corrected chi connectivity index (χ3v) is 4.36. The molecule has 24 heavy (non-hydrogen) atoms. The predicted molar refractivity (Wildman–Crippen MR) is 101 cm³/mol. The highest BCUT2D eigenvalue weighted by molar-refractivity contribution is 8.13. The van der Waals surface area contributed by atoms with Crippen LogP contribution in [0.25, 0.3) is 10.9 Å². The van der Waals surface area contributed by atoms with Gasteiger partial charge in [0.1, 0.15) is 5.82 Å². The minimum Gasteiger partial charge on any atom is -0.378 e. The Labute approximate surface area is 148 Å². The van der Waals surface area contributed by atoms with Crippen LogP contribution in [0.2, 0.25) is 5.02 Å². The van der Waals surface area contributed by atoms with E-state index in [2.05, 4.69) is 15.0 Å². The van der Waals surface area contributed by atoms with Crippen LogP contribution < -0.4 is 11.3 Å². The van der Waals surface area contributed by atoms with Crippen molar-refractivity contribution >= 4 is 45.1 Å². The van der Waals surface area contributed by atoms with Crippen molar-refractivity contribution in [3.8, 4) is 0 Å². The molecule has 7 heteroatoms. The number of fused-ring (bicyclic) bond motifs is 1. The number of aryl methyl sites for hydroxylation is 1. The van der Waals surface area contributed by atoms with Gasteiger partial charge >= 0.3 is 0 Å². The quantitative estimate of drug-likeness (QED) is 0.551. The van der Waals surface area contributed by atoms with Gasteiger partial charge in [-0.05, 0) is 42.8 Å². The molecule has 3 N–H and O–H groups in total. The molecule has 1 heterocycles. The number of amidine groups is 1. The molecule has 0 saturated heterocycles. The fourth-order valence-corrected chi connectivity index (χ4v) is 2.99. The molecule has 0 amide bonds. The second-order valence-corrected chi connectivity index (χ2v) is 6.68. The first-order valence-corrected chi connectivity index (χ1v) is 8.60. The number of rotatable bonds is 3. The Bertz CT molecular complexity index is 984. The van der Waals surface area contributed by atoms with Gasteiger partial charge in [0.25, 0.3) is 5.56 Å². The van der Waals surface area contributed by atoms with Gasteiger partial charge in [-0.25, -0.2) is 9.98 Å². The molecule has 0 unspecified atom stereocenters. The normalized spacial score (nSPS) is 11.8. The van der Waals surface area contributed by atoms with Crippen LogP contribution in [-0.4, -0.2) is 15.1 Å². The first-order valence-electron chi connectivity index (χ1n) is 7.23. The molecular formula is C17H15ClN4OS. The molecule has 0 bridgehead atoms. The lowest BCUT2D eigenvalue weighted by molar-refractivity contribution is 1.04. The van der Waals surface area contributed by atoms with Crippen LogP contribution in [0, 0.1) is 6.92 Å². The van der Waals surface area contributed by atoms with Gasteiger partial charge in [0.05, 0.1) is 22.3 Å². The van der Waals surface area contributed by atoms with Gasteiger partial charge in [-0.1, -0.05) is 35.5 Å². The zero-order valence-corrected chi connectivity index (χ0v) is 14.5. The van der Waals surface area contributed by atoms with Crippen molar-refractivity contribution in [3.05, 3.63) is 69.2 Å². The van der Waals surface area contributed by atoms with E-state index >= 15 is 0 Å². The summed E-state index contributed by atoms with van der Waals surface area (Å²) in [7, 11) is 0. The Hall–Kier alpha value is -2.31. The second-order valence-electron chi connectivity index (χ2n) is 5.25. The van der Waals surface area contributed by atoms with E-state index in [-0.39, 0.29) is 5.56 Å². The summed E-state index contributed by atoms with van der Waals surface area (Å²) in [6.45, 7) is 2.00. The number of aliphatic imine (C=N–C) groups is 1. The van der Waals surface area contributed by atoms with Crippen molar-refractivity contribution in [2.75, 3.05) is 0 Å². The number of nitrogens with one attached hydrogen (secondary N) is 1. The van der Waals surface area contributed by atoms with Crippen molar-refractivity contribution in [1.82, 2.24) is 9.97 Å². The third kappa shape index (κ3) is 3.96. The zero-order chi connectivity index (χ0) is 17.1. The van der Waals surface area contributed by atoms with Gasteiger partial charge in [0.15, 0.2) is 5.17 Å². The van der Waals surface area contributed by atoms with E-state index in [9.17, 15) is 4.79 Å². The van der Waals surface area contributed by atoms with E-state index in [4.69, 9.17) is 17.3 Å². The zero-order valence-electron chi connectivity index (χ0n) is 12.9. The van der Waals surface area contributed by atoms with Crippen LogP contribution in [0.4, 0.5) is 5.69 Å². The van der Waals surface area contributed by atoms with Gasteiger partial charge in [-0.3, -0.25) is 4.79 Å². The number of nitrogens with zero attached hydrogens (tertiary/aromatic N) is 2. The van der Waals surface area contributed by atoms with Crippen LogP contribution in [0.15, 0.2) is 52.3 Å². The molecule has 0 fully saturated rings. The Kier molecular flexibility index (Phi) is 4.87. The summed E-state index contributed by atoms with van der Waals surface area (Å²) in [5.74, 6) is 0.945. The summed E-state index contributed by atoms with van der Waals surface area (Å²) in [5.41, 5.74) is 8.24. The van der Waals surface area contributed by atoms with Crippen LogP contribution in [0.3, 0.4) is 0 Å². The van der Waals surface area contributed by atoms with Crippen molar-refractivity contribution in [3.63, 3.8) is 0 Å². The minimum atomic E-state index is -0.193. The summed E-state index contributed by atoms with van der Waals surface area (Å²) in [4.78, 5) is 23.6. The average Bonchev–Trinajstić information content (AvgIpc) is 2.52. The molecule has 0 aliphatic rings. The molecule has 0 aliphatic carbocycles. The first kappa shape index (κ1) is 16.5. The van der Waals surface area contributed by atoms with Gasteiger partial charge < -0.3 is 10.7 Å². The van der Waals surface area contributed by atoms with Crippen LogP contribution in [-0.2, 0) is 5.75 Å². The summed E-state index contributed by atoms with van der Waals surface area (Å²) >= 11 is 7.27. The van der Waals surface area contributed by atoms with E-state index < -0.39 is 0 Å². The van der Waals surface area contributed by atoms with Gasteiger partial charge in [-0.2, -0.15) is 0 Å². The standard InChI is InChI=1S/C17H15ClN4OS/c1-10-3-2-4-12(7-10)20-17(19)24-9-15-21-14-8-11(18)5-6-13(14)16(23)22-15/h2-8H,9H2,1H3,(H2,19,20)(H,21,22,23). The van der Waals surface area contributed by atoms with Crippen molar-refractivity contribution in [1.29, 1.82) is 0 Å². The van der Waals surface area contributed by atoms with Crippen molar-refractivity contribution in [2.24, 2.45) is 10.7 Å². The second kappa shape index (κ2) is 7.07. The predicted octanol–water partition coefficient (Wildman–Crippen LogP) is 3.76. The number of halogens is 1. The molecule has 3 rings (SSSR count). The van der Waals surface area contributed by atoms with Crippen LogP contribution in [0.5, 0.6) is 0 Å². The lowest BCUT2D eigenvalue weighted by Crippen LogP contribution is -2.13. The Balaban J connectivity index is 1.79. The van der Waals surface area contributed by atoms with Gasteiger partial charge in [0, 0.05) is 5.02 Å². The SMILES string of the molecule is Cc1cccc(N=C(N)SCc2nc3cc(Cl)ccc3c(=O)[nH]2)c1. The smallest absolute Gasteiger partial charge is 0.258 e. The van der Waals surface area contributed by atoms with Crippen molar-refractivity contribution < 1.29 is 0 Å². The number of benzene rings is 2. The van der Waals surface area contributed by atoms with E-state index in [1.54, 1.807) is 18.2 Å². The Morgan fingerprint density at radius 1 is 1.33 bits per heavy atom. The van der Waals surface area contributed by atoms with Crippen LogP contribution >= 0.6 is 23.4 Å². The van der Waals surface area contributed by atoms with E-state index in [1.165, 1.54) is 11.8 Å². The Morgan fingerprint density at radius 2 is 2.17 bits per heavy atom. The molecule has 1 aromatic heterocycles. The molecule has 0 spiro atoms. The fraction of sp³-hybridized carbons (Fsp3) is 0.118. The number of H-pyrrole nitrogens is 1. The lowest BCUT2D eigenvalue weighted by Gasteiger charge is -2.04. The largest absolute Gasteiger partial charge is 0.378 e. The first-order chi connectivity index (χ1) is 11.5. The minimum absolute atomic E-state index is 0.193. The maximum Gasteiger partial charge on any atom is 0.258 e. The highest BCUT2D eigenvalue weighted by Gasteiger charge is 2.06. The van der Waals surface area contributed by atoms with Crippen molar-refractivity contribution in [2.45, 2.75) is 12.7 Å². The van der Waals surface area contributed by atoms with Crippen LogP contribution in [0.1, 0.15) is 11.4 Å². The fourth-order valence-electron chi connectivity index (χ4n) is 2.23. The third-order valence-electron chi connectivity index (χ3n) is 3.32. The summed E-state index contributed by atoms with van der Waals surface area (Å²) in [6, 6.07) is 12.8. The summed E-state index contributed by atoms with van der Waals surface area (Å²) in [5, 5.41) is 1.46. The summed E-state index contributed by atoms with van der Waals surface area (Å²) < 4.78 is 0. The molecule has 0 saturated carbocycles. The molecular weight excluding hydrogens is 344 g/mol. The highest BCUT2D eigenvalue weighted by Crippen LogP contribution is 2.18. The maximum atomic E-state index is 12.1. The summed E-state index contributed by atoms with van der Waals surface area (Å²) in [6.07, 6.45) is 0. The molecule has 5 nitrogen and oxygen atoms in total. The van der Waals surface area contributed by atoms with E-state index in [0.29, 0.717) is 32.7 Å². The molecule has 0 atom stereocenters. The molecule has 122 valence electrons. The molecule has 0 aliphatic heterocycles. The highest BCUT2D eigenvalue weighted by atomic mass is 35.5. The van der Waals surface area contributed by atoms with E-state index in [1.807, 2.05) is 31.2 Å². The number of aromatic nitrogens is 2. The number of hydrogen-bond donors (Lipinski definition) is 2. The molecule has 3 aromatic rings. The topological polar surface area (TPSA) is 84.1 Å². The number of aromatic amines is 1. The maximum absolute atomic E-state index is 12.1. The number of thioether (sulfide) groups is 1. The average molecular weight is 359 g/mol.